The molecule has 0 aliphatic carbocycles. The van der Waals surface area contributed by atoms with Gasteiger partial charge in [0.05, 0.1) is 6.10 Å². The van der Waals surface area contributed by atoms with Crippen LogP contribution in [0, 0.1) is 5.92 Å². The van der Waals surface area contributed by atoms with Crippen LogP contribution in [0.25, 0.3) is 0 Å². The molecule has 74 valence electrons. The second-order valence-electron chi connectivity index (χ2n) is 3.45. The highest BCUT2D eigenvalue weighted by Crippen LogP contribution is 2.25. The van der Waals surface area contributed by atoms with Gasteiger partial charge >= 0.3 is 0 Å². The number of aliphatic hydroxyl groups excluding tert-OH is 1. The zero-order valence-electron chi connectivity index (χ0n) is 8.23. The van der Waals surface area contributed by atoms with Crippen molar-refractivity contribution in [2.45, 2.75) is 26.1 Å². The Bertz CT molecular complexity index is 231. The van der Waals surface area contributed by atoms with E-state index in [-0.39, 0.29) is 6.10 Å². The fourth-order valence-corrected chi connectivity index (χ4v) is 2.09. The summed E-state index contributed by atoms with van der Waals surface area (Å²) in [7, 11) is 1.64. The van der Waals surface area contributed by atoms with Crippen molar-refractivity contribution in [1.29, 1.82) is 0 Å². The fourth-order valence-electron chi connectivity index (χ4n) is 1.40. The second-order valence-corrected chi connectivity index (χ2v) is 4.23. The first-order valence-corrected chi connectivity index (χ1v) is 5.34. The Labute approximate surface area is 83.2 Å². The normalized spacial score (nSPS) is 16.1. The van der Waals surface area contributed by atoms with Gasteiger partial charge in [0.2, 0.25) is 0 Å². The molecule has 1 aromatic heterocycles. The maximum atomic E-state index is 9.92. The Morgan fingerprint density at radius 3 is 2.54 bits per heavy atom. The van der Waals surface area contributed by atoms with E-state index in [9.17, 15) is 5.11 Å². The molecule has 0 spiro atoms. The van der Waals surface area contributed by atoms with E-state index in [0.717, 1.165) is 5.56 Å². The van der Waals surface area contributed by atoms with Crippen LogP contribution in [-0.4, -0.2) is 18.3 Å². The summed E-state index contributed by atoms with van der Waals surface area (Å²) < 4.78 is 5.25. The summed E-state index contributed by atoms with van der Waals surface area (Å²) in [6.07, 6.45) is -0.620. The molecule has 0 amide bonds. The largest absolute Gasteiger partial charge is 0.386 e. The zero-order valence-corrected chi connectivity index (χ0v) is 9.04. The number of methoxy groups -OCH3 is 1. The van der Waals surface area contributed by atoms with E-state index in [1.165, 1.54) is 0 Å². The highest BCUT2D eigenvalue weighted by molar-refractivity contribution is 7.07. The maximum Gasteiger partial charge on any atom is 0.106 e. The van der Waals surface area contributed by atoms with Crippen LogP contribution in [0.3, 0.4) is 0 Å². The Morgan fingerprint density at radius 2 is 2.15 bits per heavy atom. The molecule has 13 heavy (non-hydrogen) atoms. The summed E-state index contributed by atoms with van der Waals surface area (Å²) in [4.78, 5) is 0. The van der Waals surface area contributed by atoms with Gasteiger partial charge in [-0.25, -0.2) is 0 Å². The fraction of sp³-hybridized carbons (Fsp3) is 0.600. The van der Waals surface area contributed by atoms with Crippen LogP contribution < -0.4 is 0 Å². The predicted molar refractivity (Wildman–Crippen MR) is 54.9 cm³/mol. The molecule has 0 bridgehead atoms. The van der Waals surface area contributed by atoms with Gasteiger partial charge in [-0.1, -0.05) is 13.8 Å². The number of thiophene rings is 1. The molecule has 0 aliphatic heterocycles. The van der Waals surface area contributed by atoms with Crippen molar-refractivity contribution in [2.24, 2.45) is 5.92 Å². The lowest BCUT2D eigenvalue weighted by atomic mass is 9.98. The lowest BCUT2D eigenvalue weighted by molar-refractivity contribution is -0.0389. The van der Waals surface area contributed by atoms with Crippen LogP contribution in [0.2, 0.25) is 0 Å². The third-order valence-electron chi connectivity index (χ3n) is 2.13. The van der Waals surface area contributed by atoms with Gasteiger partial charge in [-0.3, -0.25) is 0 Å². The quantitative estimate of drug-likeness (QED) is 0.809. The summed E-state index contributed by atoms with van der Waals surface area (Å²) in [6, 6.07) is 1.93. The molecule has 2 atom stereocenters. The predicted octanol–water partition coefficient (Wildman–Crippen LogP) is 2.45. The maximum absolute atomic E-state index is 9.92. The van der Waals surface area contributed by atoms with Crippen LogP contribution in [0.4, 0.5) is 0 Å². The van der Waals surface area contributed by atoms with Crippen molar-refractivity contribution < 1.29 is 9.84 Å². The SMILES string of the molecule is COC(C(C)C)C(O)c1ccsc1. The molecule has 2 unspecified atom stereocenters. The van der Waals surface area contributed by atoms with Crippen molar-refractivity contribution in [3.8, 4) is 0 Å². The lowest BCUT2D eigenvalue weighted by Crippen LogP contribution is -2.26. The Hall–Kier alpha value is -0.380. The van der Waals surface area contributed by atoms with Crippen LogP contribution in [0.5, 0.6) is 0 Å². The highest BCUT2D eigenvalue weighted by Gasteiger charge is 2.23. The van der Waals surface area contributed by atoms with Gasteiger partial charge in [0.15, 0.2) is 0 Å². The number of hydrogen-bond donors (Lipinski definition) is 1. The molecule has 1 rings (SSSR count). The van der Waals surface area contributed by atoms with Gasteiger partial charge in [-0.05, 0) is 28.3 Å². The number of hydrogen-bond acceptors (Lipinski definition) is 3. The minimum Gasteiger partial charge on any atom is -0.386 e. The average molecular weight is 200 g/mol. The van der Waals surface area contributed by atoms with Crippen molar-refractivity contribution in [2.75, 3.05) is 7.11 Å². The summed E-state index contributed by atoms with van der Waals surface area (Å²) >= 11 is 1.59. The smallest absolute Gasteiger partial charge is 0.106 e. The molecule has 0 aliphatic rings. The molecule has 0 fully saturated rings. The number of rotatable bonds is 4. The summed E-state index contributed by atoms with van der Waals surface area (Å²) in [5, 5.41) is 13.8. The first kappa shape index (κ1) is 10.7. The monoisotopic (exact) mass is 200 g/mol. The van der Waals surface area contributed by atoms with E-state index >= 15 is 0 Å². The molecule has 0 radical (unpaired) electrons. The van der Waals surface area contributed by atoms with Gasteiger partial charge in [-0.2, -0.15) is 11.3 Å². The molecule has 1 N–H and O–H groups in total. The molecule has 2 nitrogen and oxygen atoms in total. The Balaban J connectivity index is 2.70. The minimum atomic E-state index is -0.503. The molecule has 1 heterocycles. The summed E-state index contributed by atoms with van der Waals surface area (Å²) in [5.74, 6) is 0.319. The van der Waals surface area contributed by atoms with Crippen molar-refractivity contribution in [3.05, 3.63) is 22.4 Å². The summed E-state index contributed by atoms with van der Waals surface area (Å²) in [6.45, 7) is 4.09. The van der Waals surface area contributed by atoms with Crippen LogP contribution >= 0.6 is 11.3 Å². The topological polar surface area (TPSA) is 29.5 Å². The molecule has 3 heteroatoms. The molecular weight excluding hydrogens is 184 g/mol. The molecular formula is C10H16O2S. The standard InChI is InChI=1S/C10H16O2S/c1-7(2)10(12-3)9(11)8-4-5-13-6-8/h4-7,9-11H,1-3H3. The van der Waals surface area contributed by atoms with Crippen LogP contribution in [0.1, 0.15) is 25.5 Å². The first-order chi connectivity index (χ1) is 6.16. The van der Waals surface area contributed by atoms with Gasteiger partial charge in [0, 0.05) is 7.11 Å². The average Bonchev–Trinajstić information content (AvgIpc) is 2.56. The van der Waals surface area contributed by atoms with E-state index in [4.69, 9.17) is 4.74 Å². The number of ether oxygens (including phenoxy) is 1. The van der Waals surface area contributed by atoms with E-state index in [1.807, 2.05) is 30.7 Å². The van der Waals surface area contributed by atoms with Gasteiger partial charge in [0.1, 0.15) is 6.10 Å². The van der Waals surface area contributed by atoms with E-state index in [1.54, 1.807) is 18.4 Å². The van der Waals surface area contributed by atoms with E-state index < -0.39 is 6.10 Å². The Kier molecular flexibility index (Phi) is 3.90. The lowest BCUT2D eigenvalue weighted by Gasteiger charge is -2.24. The van der Waals surface area contributed by atoms with Crippen molar-refractivity contribution in [1.82, 2.24) is 0 Å². The van der Waals surface area contributed by atoms with E-state index in [0.29, 0.717) is 5.92 Å². The van der Waals surface area contributed by atoms with Gasteiger partial charge in [0.25, 0.3) is 0 Å². The summed E-state index contributed by atoms with van der Waals surface area (Å²) in [5.41, 5.74) is 0.950. The minimum absolute atomic E-state index is 0.116. The molecule has 1 aromatic rings. The molecule has 0 saturated heterocycles. The van der Waals surface area contributed by atoms with Gasteiger partial charge < -0.3 is 9.84 Å². The number of aliphatic hydroxyl groups is 1. The Morgan fingerprint density at radius 1 is 1.46 bits per heavy atom. The van der Waals surface area contributed by atoms with Crippen molar-refractivity contribution in [3.63, 3.8) is 0 Å². The molecule has 0 aromatic carbocycles. The van der Waals surface area contributed by atoms with Crippen molar-refractivity contribution >= 4 is 11.3 Å². The zero-order chi connectivity index (χ0) is 9.84. The molecule has 0 saturated carbocycles. The third-order valence-corrected chi connectivity index (χ3v) is 2.83. The van der Waals surface area contributed by atoms with Crippen LogP contribution in [0.15, 0.2) is 16.8 Å². The van der Waals surface area contributed by atoms with E-state index in [2.05, 4.69) is 0 Å². The third kappa shape index (κ3) is 2.53. The van der Waals surface area contributed by atoms with Crippen LogP contribution in [-0.2, 0) is 4.74 Å². The second kappa shape index (κ2) is 4.74. The van der Waals surface area contributed by atoms with Gasteiger partial charge in [-0.15, -0.1) is 0 Å². The first-order valence-electron chi connectivity index (χ1n) is 4.39. The highest BCUT2D eigenvalue weighted by atomic mass is 32.1.